The van der Waals surface area contributed by atoms with Gasteiger partial charge in [-0.1, -0.05) is 13.8 Å². The molecule has 0 aromatic carbocycles. The molecule has 2 unspecified atom stereocenters. The molecule has 7 atom stereocenters. The zero-order valence-electron chi connectivity index (χ0n) is 15.8. The van der Waals surface area contributed by atoms with E-state index < -0.39 is 5.60 Å². The van der Waals surface area contributed by atoms with Crippen LogP contribution in [0.25, 0.3) is 0 Å². The highest BCUT2D eigenvalue weighted by Crippen LogP contribution is 2.66. The van der Waals surface area contributed by atoms with E-state index in [0.29, 0.717) is 30.0 Å². The van der Waals surface area contributed by atoms with Crippen LogP contribution in [0.15, 0.2) is 0 Å². The minimum absolute atomic E-state index is 0.109. The average molecular weight is 348 g/mol. The van der Waals surface area contributed by atoms with E-state index >= 15 is 0 Å². The van der Waals surface area contributed by atoms with Gasteiger partial charge in [0, 0.05) is 25.2 Å². The number of ketones is 1. The molecule has 4 aliphatic rings. The molecule has 25 heavy (non-hydrogen) atoms. The zero-order valence-corrected chi connectivity index (χ0v) is 15.8. The number of fused-ring (bicyclic) bond motifs is 5. The van der Waals surface area contributed by atoms with Gasteiger partial charge in [-0.15, -0.1) is 0 Å². The minimum Gasteiger partial charge on any atom is -0.462 e. The van der Waals surface area contributed by atoms with Crippen LogP contribution in [0.3, 0.4) is 0 Å². The third kappa shape index (κ3) is 2.35. The Morgan fingerprint density at radius 1 is 1.08 bits per heavy atom. The molecular weight excluding hydrogens is 316 g/mol. The van der Waals surface area contributed by atoms with Gasteiger partial charge in [0.05, 0.1) is 5.60 Å². The summed E-state index contributed by atoms with van der Waals surface area (Å²) < 4.78 is 5.44. The van der Waals surface area contributed by atoms with Crippen molar-refractivity contribution in [2.45, 2.75) is 90.3 Å². The molecule has 4 heteroatoms. The Labute approximate surface area is 150 Å². The maximum absolute atomic E-state index is 12.5. The van der Waals surface area contributed by atoms with Crippen LogP contribution in [-0.4, -0.2) is 28.6 Å². The second-order valence-corrected chi connectivity index (χ2v) is 9.76. The maximum atomic E-state index is 12.5. The Hall–Kier alpha value is -0.900. The van der Waals surface area contributed by atoms with Crippen molar-refractivity contribution in [2.24, 2.45) is 28.6 Å². The Morgan fingerprint density at radius 3 is 2.56 bits per heavy atom. The minimum atomic E-state index is -0.733. The van der Waals surface area contributed by atoms with Crippen molar-refractivity contribution >= 4 is 11.8 Å². The second-order valence-electron chi connectivity index (χ2n) is 9.76. The van der Waals surface area contributed by atoms with Crippen molar-refractivity contribution in [3.63, 3.8) is 0 Å². The fourth-order valence-corrected chi connectivity index (χ4v) is 7.32. The van der Waals surface area contributed by atoms with Gasteiger partial charge in [0.25, 0.3) is 0 Å². The van der Waals surface area contributed by atoms with Crippen LogP contribution in [0.1, 0.15) is 78.6 Å². The fourth-order valence-electron chi connectivity index (χ4n) is 7.32. The number of Topliss-reactive ketones (excluding diaryl/α,β-unsaturated/α-hetero) is 1. The summed E-state index contributed by atoms with van der Waals surface area (Å²) in [6.45, 7) is 5.92. The quantitative estimate of drug-likeness (QED) is 0.735. The maximum Gasteiger partial charge on any atom is 0.302 e. The molecule has 0 spiro atoms. The highest BCUT2D eigenvalue weighted by molar-refractivity contribution is 5.87. The molecule has 0 bridgehead atoms. The van der Waals surface area contributed by atoms with Crippen LogP contribution in [0.2, 0.25) is 0 Å². The third-order valence-electron chi connectivity index (χ3n) is 8.80. The summed E-state index contributed by atoms with van der Waals surface area (Å²) in [6, 6.07) is 0. The molecule has 0 aromatic rings. The summed E-state index contributed by atoms with van der Waals surface area (Å²) in [5, 5.41) is 11.6. The van der Waals surface area contributed by atoms with Gasteiger partial charge < -0.3 is 9.84 Å². The standard InChI is InChI=1S/C21H32O4/c1-13(22)25-14-6-10-20(3)17-8-9-19(2)16(4-5-18(19)23)15(17)7-11-21(20,24)12-14/h14-17,24H,4-12H2,1-3H3/t14?,15-,16-,17-,19-,20+,21?/m0/s1. The summed E-state index contributed by atoms with van der Waals surface area (Å²) >= 11 is 0. The van der Waals surface area contributed by atoms with Crippen molar-refractivity contribution in [2.75, 3.05) is 0 Å². The van der Waals surface area contributed by atoms with Gasteiger partial charge in [-0.2, -0.15) is 0 Å². The van der Waals surface area contributed by atoms with Gasteiger partial charge >= 0.3 is 5.97 Å². The van der Waals surface area contributed by atoms with E-state index in [2.05, 4.69) is 13.8 Å². The van der Waals surface area contributed by atoms with Gasteiger partial charge in [-0.3, -0.25) is 9.59 Å². The largest absolute Gasteiger partial charge is 0.462 e. The molecule has 0 radical (unpaired) electrons. The van der Waals surface area contributed by atoms with Crippen LogP contribution in [0.5, 0.6) is 0 Å². The smallest absolute Gasteiger partial charge is 0.302 e. The molecule has 4 rings (SSSR count). The summed E-state index contributed by atoms with van der Waals surface area (Å²) in [7, 11) is 0. The molecule has 0 aromatic heterocycles. The van der Waals surface area contributed by atoms with Gasteiger partial charge in [-0.05, 0) is 68.1 Å². The number of ether oxygens (including phenoxy) is 1. The van der Waals surface area contributed by atoms with E-state index in [4.69, 9.17) is 4.74 Å². The highest BCUT2D eigenvalue weighted by Gasteiger charge is 2.64. The first-order chi connectivity index (χ1) is 11.7. The monoisotopic (exact) mass is 348 g/mol. The lowest BCUT2D eigenvalue weighted by Gasteiger charge is -2.63. The van der Waals surface area contributed by atoms with E-state index in [0.717, 1.165) is 51.4 Å². The zero-order chi connectivity index (χ0) is 18.0. The summed E-state index contributed by atoms with van der Waals surface area (Å²) in [4.78, 5) is 23.8. The third-order valence-corrected chi connectivity index (χ3v) is 8.80. The molecule has 4 nitrogen and oxygen atoms in total. The van der Waals surface area contributed by atoms with Crippen LogP contribution in [0.4, 0.5) is 0 Å². The van der Waals surface area contributed by atoms with Crippen LogP contribution >= 0.6 is 0 Å². The number of aliphatic hydroxyl groups is 1. The van der Waals surface area contributed by atoms with E-state index in [9.17, 15) is 14.7 Å². The van der Waals surface area contributed by atoms with Gasteiger partial charge in [0.2, 0.25) is 0 Å². The molecule has 0 saturated heterocycles. The second kappa shape index (κ2) is 5.55. The molecule has 140 valence electrons. The van der Waals surface area contributed by atoms with Crippen molar-refractivity contribution in [3.8, 4) is 0 Å². The van der Waals surface area contributed by atoms with E-state index in [-0.39, 0.29) is 22.9 Å². The lowest BCUT2D eigenvalue weighted by atomic mass is 9.43. The molecule has 4 fully saturated rings. The summed E-state index contributed by atoms with van der Waals surface area (Å²) in [5.74, 6) is 1.80. The van der Waals surface area contributed by atoms with Crippen LogP contribution in [-0.2, 0) is 14.3 Å². The molecule has 0 aliphatic heterocycles. The first-order valence-corrected chi connectivity index (χ1v) is 10.1. The summed E-state index contributed by atoms with van der Waals surface area (Å²) in [5.41, 5.74) is -0.954. The molecule has 4 saturated carbocycles. The van der Waals surface area contributed by atoms with Crippen molar-refractivity contribution in [1.82, 2.24) is 0 Å². The molecule has 1 N–H and O–H groups in total. The van der Waals surface area contributed by atoms with E-state index in [1.807, 2.05) is 0 Å². The van der Waals surface area contributed by atoms with Crippen molar-refractivity contribution < 1.29 is 19.4 Å². The first kappa shape index (κ1) is 17.5. The topological polar surface area (TPSA) is 63.6 Å². The predicted octanol–water partition coefficient (Wildman–Crippen LogP) is 3.64. The normalized spacial score (nSPS) is 52.1. The Kier molecular flexibility index (Phi) is 3.89. The van der Waals surface area contributed by atoms with Crippen molar-refractivity contribution in [1.29, 1.82) is 0 Å². The first-order valence-electron chi connectivity index (χ1n) is 10.1. The molecule has 0 heterocycles. The summed E-state index contributed by atoms with van der Waals surface area (Å²) in [6.07, 6.45) is 7.82. The van der Waals surface area contributed by atoms with Gasteiger partial charge in [0.15, 0.2) is 0 Å². The SMILES string of the molecule is CC(=O)OC1CC[C@]2(C)[C@H]3CC[C@]4(C)C(=O)CC[C@H]4[C@@H]3CCC2(O)C1. The van der Waals surface area contributed by atoms with Gasteiger partial charge in [-0.25, -0.2) is 0 Å². The number of carbonyl (C=O) groups excluding carboxylic acids is 2. The molecule has 4 aliphatic carbocycles. The Balaban J connectivity index is 1.60. The Bertz CT molecular complexity index is 601. The average Bonchev–Trinajstić information content (AvgIpc) is 2.84. The lowest BCUT2D eigenvalue weighted by molar-refractivity contribution is -0.221. The fraction of sp³-hybridized carbons (Fsp3) is 0.905. The molecular formula is C21H32O4. The van der Waals surface area contributed by atoms with Crippen LogP contribution in [0, 0.1) is 28.6 Å². The number of rotatable bonds is 1. The lowest BCUT2D eigenvalue weighted by Crippen LogP contribution is -2.63. The van der Waals surface area contributed by atoms with Gasteiger partial charge in [0.1, 0.15) is 11.9 Å². The number of hydrogen-bond acceptors (Lipinski definition) is 4. The Morgan fingerprint density at radius 2 is 1.84 bits per heavy atom. The van der Waals surface area contributed by atoms with E-state index in [1.54, 1.807) is 0 Å². The number of carbonyl (C=O) groups is 2. The number of esters is 1. The number of hydrogen-bond donors (Lipinski definition) is 1. The van der Waals surface area contributed by atoms with Crippen LogP contribution < -0.4 is 0 Å². The predicted molar refractivity (Wildman–Crippen MR) is 93.7 cm³/mol. The van der Waals surface area contributed by atoms with Crippen molar-refractivity contribution in [3.05, 3.63) is 0 Å². The van der Waals surface area contributed by atoms with E-state index in [1.165, 1.54) is 6.92 Å². The highest BCUT2D eigenvalue weighted by atomic mass is 16.5. The molecule has 0 amide bonds.